The maximum absolute atomic E-state index is 10.6. The number of hydrogen-bond acceptors (Lipinski definition) is 2. The molecule has 0 spiro atoms. The molecule has 0 aliphatic rings. The first-order chi connectivity index (χ1) is 6.09. The number of pyridine rings is 1. The van der Waals surface area contributed by atoms with Crippen molar-refractivity contribution in [2.24, 2.45) is 5.92 Å². The van der Waals surface area contributed by atoms with Crippen LogP contribution in [0.25, 0.3) is 0 Å². The first-order valence-corrected chi connectivity index (χ1v) is 4.25. The predicted octanol–water partition coefficient (Wildman–Crippen LogP) is 1.65. The molecule has 0 radical (unpaired) electrons. The number of carboxylic acid groups (broad SMARTS) is 1. The van der Waals surface area contributed by atoms with Gasteiger partial charge in [-0.1, -0.05) is 13.0 Å². The molecule has 1 aromatic rings. The molecule has 70 valence electrons. The van der Waals surface area contributed by atoms with Crippen molar-refractivity contribution in [2.45, 2.75) is 20.3 Å². The van der Waals surface area contributed by atoms with Gasteiger partial charge in [0, 0.05) is 17.8 Å². The lowest BCUT2D eigenvalue weighted by atomic mass is 10.1. The van der Waals surface area contributed by atoms with E-state index in [1.807, 2.05) is 25.1 Å². The Kier molecular flexibility index (Phi) is 3.01. The van der Waals surface area contributed by atoms with Crippen LogP contribution in [0.4, 0.5) is 0 Å². The first-order valence-electron chi connectivity index (χ1n) is 4.25. The summed E-state index contributed by atoms with van der Waals surface area (Å²) < 4.78 is 0. The molecular formula is C10H13NO2. The molecule has 1 atom stereocenters. The topological polar surface area (TPSA) is 50.2 Å². The predicted molar refractivity (Wildman–Crippen MR) is 49.5 cm³/mol. The Bertz CT molecular complexity index is 310. The van der Waals surface area contributed by atoms with Crippen molar-refractivity contribution in [2.75, 3.05) is 0 Å². The lowest BCUT2D eigenvalue weighted by Gasteiger charge is -2.05. The van der Waals surface area contributed by atoms with E-state index >= 15 is 0 Å². The number of carboxylic acids is 1. The van der Waals surface area contributed by atoms with E-state index < -0.39 is 5.97 Å². The minimum Gasteiger partial charge on any atom is -0.481 e. The molecule has 0 amide bonds. The summed E-state index contributed by atoms with van der Waals surface area (Å²) in [5.41, 5.74) is 1.77. The van der Waals surface area contributed by atoms with Gasteiger partial charge in [-0.3, -0.25) is 9.78 Å². The standard InChI is InChI=1S/C10H13NO2/c1-7(10(12)13)6-9-5-3-4-8(2)11-9/h3-5,7H,6H2,1-2H3,(H,12,13). The fourth-order valence-electron chi connectivity index (χ4n) is 1.11. The second kappa shape index (κ2) is 4.03. The van der Waals surface area contributed by atoms with Crippen molar-refractivity contribution in [3.8, 4) is 0 Å². The maximum atomic E-state index is 10.6. The average molecular weight is 179 g/mol. The van der Waals surface area contributed by atoms with Gasteiger partial charge in [0.1, 0.15) is 0 Å². The van der Waals surface area contributed by atoms with Crippen molar-refractivity contribution < 1.29 is 9.90 Å². The van der Waals surface area contributed by atoms with Crippen LogP contribution < -0.4 is 0 Å². The number of aryl methyl sites for hydroxylation is 1. The minimum atomic E-state index is -0.775. The highest BCUT2D eigenvalue weighted by atomic mass is 16.4. The molecule has 3 heteroatoms. The average Bonchev–Trinajstić information content (AvgIpc) is 2.04. The summed E-state index contributed by atoms with van der Waals surface area (Å²) in [6, 6.07) is 5.65. The zero-order valence-electron chi connectivity index (χ0n) is 7.82. The Hall–Kier alpha value is -1.38. The quantitative estimate of drug-likeness (QED) is 0.767. The van der Waals surface area contributed by atoms with Crippen molar-refractivity contribution in [1.82, 2.24) is 4.98 Å². The highest BCUT2D eigenvalue weighted by Gasteiger charge is 2.11. The molecule has 0 aliphatic carbocycles. The second-order valence-electron chi connectivity index (χ2n) is 3.21. The molecular weight excluding hydrogens is 166 g/mol. The summed E-state index contributed by atoms with van der Waals surface area (Å²) >= 11 is 0. The lowest BCUT2D eigenvalue weighted by molar-refractivity contribution is -0.141. The third kappa shape index (κ3) is 2.86. The summed E-state index contributed by atoms with van der Waals surface area (Å²) in [6.45, 7) is 3.58. The molecule has 0 saturated carbocycles. The molecule has 3 nitrogen and oxygen atoms in total. The normalized spacial score (nSPS) is 12.5. The van der Waals surface area contributed by atoms with Gasteiger partial charge in [-0.25, -0.2) is 0 Å². The van der Waals surface area contributed by atoms with Crippen LogP contribution in [-0.4, -0.2) is 16.1 Å². The Morgan fingerprint density at radius 3 is 2.85 bits per heavy atom. The third-order valence-corrected chi connectivity index (χ3v) is 1.88. The summed E-state index contributed by atoms with van der Waals surface area (Å²) in [5.74, 6) is -1.14. The first kappa shape index (κ1) is 9.71. The fraction of sp³-hybridized carbons (Fsp3) is 0.400. The zero-order valence-corrected chi connectivity index (χ0v) is 7.82. The van der Waals surface area contributed by atoms with Gasteiger partial charge in [0.25, 0.3) is 0 Å². The lowest BCUT2D eigenvalue weighted by Crippen LogP contribution is -2.13. The molecule has 0 aliphatic heterocycles. The summed E-state index contributed by atoms with van der Waals surface area (Å²) in [6.07, 6.45) is 0.497. The summed E-state index contributed by atoms with van der Waals surface area (Å²) in [7, 11) is 0. The van der Waals surface area contributed by atoms with Crippen molar-refractivity contribution in [3.05, 3.63) is 29.6 Å². The molecule has 0 fully saturated rings. The molecule has 1 unspecified atom stereocenters. The maximum Gasteiger partial charge on any atom is 0.306 e. The van der Waals surface area contributed by atoms with E-state index in [1.54, 1.807) is 6.92 Å². The molecule has 0 bridgehead atoms. The third-order valence-electron chi connectivity index (χ3n) is 1.88. The molecule has 1 N–H and O–H groups in total. The van der Waals surface area contributed by atoms with E-state index in [0.717, 1.165) is 11.4 Å². The van der Waals surface area contributed by atoms with Crippen LogP contribution in [0.2, 0.25) is 0 Å². The van der Waals surface area contributed by atoms with Crippen LogP contribution in [0.1, 0.15) is 18.3 Å². The van der Waals surface area contributed by atoms with E-state index in [1.165, 1.54) is 0 Å². The van der Waals surface area contributed by atoms with Gasteiger partial charge in [0.15, 0.2) is 0 Å². The molecule has 1 heterocycles. The van der Waals surface area contributed by atoms with Gasteiger partial charge < -0.3 is 5.11 Å². The van der Waals surface area contributed by atoms with Gasteiger partial charge in [-0.15, -0.1) is 0 Å². The monoisotopic (exact) mass is 179 g/mol. The largest absolute Gasteiger partial charge is 0.481 e. The Morgan fingerprint density at radius 2 is 2.31 bits per heavy atom. The fourth-order valence-corrected chi connectivity index (χ4v) is 1.11. The Morgan fingerprint density at radius 1 is 1.62 bits per heavy atom. The summed E-state index contributed by atoms with van der Waals surface area (Å²) in [5, 5.41) is 8.68. The number of nitrogens with zero attached hydrogens (tertiary/aromatic N) is 1. The van der Waals surface area contributed by atoms with E-state index in [9.17, 15) is 4.79 Å². The zero-order chi connectivity index (χ0) is 9.84. The molecule has 0 aromatic carbocycles. The minimum absolute atomic E-state index is 0.366. The molecule has 0 saturated heterocycles. The van der Waals surface area contributed by atoms with Gasteiger partial charge in [0.05, 0.1) is 5.92 Å². The van der Waals surface area contributed by atoms with Crippen molar-refractivity contribution >= 4 is 5.97 Å². The van der Waals surface area contributed by atoms with E-state index in [-0.39, 0.29) is 5.92 Å². The highest BCUT2D eigenvalue weighted by molar-refractivity contribution is 5.69. The van der Waals surface area contributed by atoms with Crippen LogP contribution in [0, 0.1) is 12.8 Å². The smallest absolute Gasteiger partial charge is 0.306 e. The molecule has 1 aromatic heterocycles. The number of aromatic nitrogens is 1. The Labute approximate surface area is 77.4 Å². The molecule has 13 heavy (non-hydrogen) atoms. The summed E-state index contributed by atoms with van der Waals surface area (Å²) in [4.78, 5) is 14.8. The number of hydrogen-bond donors (Lipinski definition) is 1. The second-order valence-corrected chi connectivity index (χ2v) is 3.21. The van der Waals surface area contributed by atoms with Gasteiger partial charge >= 0.3 is 5.97 Å². The van der Waals surface area contributed by atoms with E-state index in [2.05, 4.69) is 4.98 Å². The SMILES string of the molecule is Cc1cccc(CC(C)C(=O)O)n1. The number of carbonyl (C=O) groups is 1. The van der Waals surface area contributed by atoms with Crippen LogP contribution in [0.3, 0.4) is 0 Å². The molecule has 1 rings (SSSR count). The van der Waals surface area contributed by atoms with Crippen molar-refractivity contribution in [3.63, 3.8) is 0 Å². The van der Waals surface area contributed by atoms with E-state index in [0.29, 0.717) is 6.42 Å². The van der Waals surface area contributed by atoms with Crippen molar-refractivity contribution in [1.29, 1.82) is 0 Å². The van der Waals surface area contributed by atoms with Crippen LogP contribution in [0.5, 0.6) is 0 Å². The van der Waals surface area contributed by atoms with Crippen LogP contribution in [-0.2, 0) is 11.2 Å². The van der Waals surface area contributed by atoms with Gasteiger partial charge in [-0.05, 0) is 19.1 Å². The number of aliphatic carboxylic acids is 1. The van der Waals surface area contributed by atoms with E-state index in [4.69, 9.17) is 5.11 Å². The highest BCUT2D eigenvalue weighted by Crippen LogP contribution is 2.06. The van der Waals surface area contributed by atoms with Gasteiger partial charge in [0.2, 0.25) is 0 Å². The van der Waals surface area contributed by atoms with Gasteiger partial charge in [-0.2, -0.15) is 0 Å². The number of rotatable bonds is 3. The Balaban J connectivity index is 2.69. The van der Waals surface area contributed by atoms with Crippen LogP contribution >= 0.6 is 0 Å². The van der Waals surface area contributed by atoms with Crippen LogP contribution in [0.15, 0.2) is 18.2 Å².